The van der Waals surface area contributed by atoms with Gasteiger partial charge in [-0.2, -0.15) is 0 Å². The van der Waals surface area contributed by atoms with Crippen molar-refractivity contribution in [3.05, 3.63) is 29.3 Å². The van der Waals surface area contributed by atoms with Crippen molar-refractivity contribution in [2.75, 3.05) is 5.73 Å². The molecule has 3 N–H and O–H groups in total. The number of carboxylic acid groups (broad SMARTS) is 1. The van der Waals surface area contributed by atoms with Crippen LogP contribution in [0.15, 0.2) is 18.2 Å². The lowest BCUT2D eigenvalue weighted by Gasteiger charge is -2.01. The van der Waals surface area contributed by atoms with Crippen molar-refractivity contribution in [3.63, 3.8) is 0 Å². The van der Waals surface area contributed by atoms with E-state index in [1.165, 1.54) is 6.07 Å². The second-order valence-corrected chi connectivity index (χ2v) is 2.75. The summed E-state index contributed by atoms with van der Waals surface area (Å²) in [6.07, 6.45) is 0.708. The van der Waals surface area contributed by atoms with Crippen molar-refractivity contribution in [1.29, 1.82) is 0 Å². The number of nitrogen functional groups attached to an aromatic ring is 1. The Morgan fingerprint density at radius 1 is 1.53 bits per heavy atom. The molecule has 0 bridgehead atoms. The Kier molecular flexibility index (Phi) is 3.47. The van der Waals surface area contributed by atoms with Gasteiger partial charge in [-0.3, -0.25) is 0 Å². The van der Waals surface area contributed by atoms with E-state index < -0.39 is 5.97 Å². The topological polar surface area (TPSA) is 80.4 Å². The number of hydrogen-bond donors (Lipinski definition) is 2. The lowest BCUT2D eigenvalue weighted by Crippen LogP contribution is -2.03. The largest absolute Gasteiger partial charge is 0.478 e. The number of carbonyl (C=O) groups excluding carboxylic acids is 1. The van der Waals surface area contributed by atoms with Gasteiger partial charge in [-0.1, -0.05) is 17.9 Å². The third-order valence-electron chi connectivity index (χ3n) is 1.73. The Bertz CT molecular complexity index is 455. The highest BCUT2D eigenvalue weighted by molar-refractivity contribution is 5.92. The monoisotopic (exact) mass is 203 g/mol. The second-order valence-electron chi connectivity index (χ2n) is 2.75. The van der Waals surface area contributed by atoms with Gasteiger partial charge in [0.1, 0.15) is 6.29 Å². The van der Waals surface area contributed by atoms with Gasteiger partial charge < -0.3 is 15.6 Å². The van der Waals surface area contributed by atoms with Gasteiger partial charge in [0, 0.05) is 5.69 Å². The first-order chi connectivity index (χ1) is 7.16. The van der Waals surface area contributed by atoms with Crippen LogP contribution >= 0.6 is 0 Å². The van der Waals surface area contributed by atoms with Gasteiger partial charge in [0.15, 0.2) is 0 Å². The Morgan fingerprint density at radius 2 is 2.27 bits per heavy atom. The molecule has 1 rings (SSSR count). The molecule has 15 heavy (non-hydrogen) atoms. The fourth-order valence-electron chi connectivity index (χ4n) is 1.07. The molecule has 1 aromatic carbocycles. The highest BCUT2D eigenvalue weighted by Crippen LogP contribution is 2.15. The van der Waals surface area contributed by atoms with Gasteiger partial charge in [-0.05, 0) is 12.1 Å². The number of carbonyl (C=O) groups is 2. The normalized spacial score (nSPS) is 8.80. The average molecular weight is 203 g/mol. The molecule has 76 valence electrons. The van der Waals surface area contributed by atoms with E-state index in [1.54, 1.807) is 12.1 Å². The highest BCUT2D eigenvalue weighted by Gasteiger charge is 2.09. The lowest BCUT2D eigenvalue weighted by molar-refractivity contribution is -0.107. The van der Waals surface area contributed by atoms with Crippen molar-refractivity contribution < 1.29 is 14.7 Å². The van der Waals surface area contributed by atoms with Crippen LogP contribution in [0.2, 0.25) is 0 Å². The van der Waals surface area contributed by atoms with Crippen molar-refractivity contribution in [1.82, 2.24) is 0 Å². The molecule has 0 saturated carbocycles. The molecular formula is C11H9NO3. The third-order valence-corrected chi connectivity index (χ3v) is 1.73. The van der Waals surface area contributed by atoms with E-state index in [-0.39, 0.29) is 17.5 Å². The summed E-state index contributed by atoms with van der Waals surface area (Å²) in [5, 5.41) is 8.85. The van der Waals surface area contributed by atoms with E-state index in [4.69, 9.17) is 10.8 Å². The Balaban J connectivity index is 3.20. The number of carboxylic acids is 1. The lowest BCUT2D eigenvalue weighted by atomic mass is 10.1. The SMILES string of the molecule is Nc1cccc(C(=O)O)c1C#CCC=O. The second kappa shape index (κ2) is 4.82. The van der Waals surface area contributed by atoms with E-state index in [0.29, 0.717) is 12.0 Å². The molecular weight excluding hydrogens is 194 g/mol. The predicted octanol–water partition coefficient (Wildman–Crippen LogP) is 0.907. The molecule has 0 amide bonds. The molecule has 0 unspecified atom stereocenters. The number of benzene rings is 1. The molecule has 4 heteroatoms. The van der Waals surface area contributed by atoms with Crippen LogP contribution in [0, 0.1) is 11.8 Å². The van der Waals surface area contributed by atoms with E-state index in [0.717, 1.165) is 0 Å². The van der Waals surface area contributed by atoms with Crippen molar-refractivity contribution in [2.24, 2.45) is 0 Å². The molecule has 0 fully saturated rings. The summed E-state index contributed by atoms with van der Waals surface area (Å²) in [6.45, 7) is 0. The summed E-state index contributed by atoms with van der Waals surface area (Å²) in [6, 6.07) is 4.53. The summed E-state index contributed by atoms with van der Waals surface area (Å²) in [7, 11) is 0. The van der Waals surface area contributed by atoms with Crippen LogP contribution in [0.5, 0.6) is 0 Å². The van der Waals surface area contributed by atoms with Crippen molar-refractivity contribution in [2.45, 2.75) is 6.42 Å². The molecule has 1 aromatic rings. The maximum Gasteiger partial charge on any atom is 0.337 e. The number of aromatic carboxylic acids is 1. The summed E-state index contributed by atoms with van der Waals surface area (Å²) < 4.78 is 0. The molecule has 0 aliphatic heterocycles. The van der Waals surface area contributed by atoms with Gasteiger partial charge in [-0.15, -0.1) is 0 Å². The van der Waals surface area contributed by atoms with E-state index in [1.807, 2.05) is 0 Å². The number of anilines is 1. The fraction of sp³-hybridized carbons (Fsp3) is 0.0909. The third kappa shape index (κ3) is 2.58. The minimum atomic E-state index is -1.09. The van der Waals surface area contributed by atoms with E-state index in [9.17, 15) is 9.59 Å². The van der Waals surface area contributed by atoms with Crippen LogP contribution in [-0.2, 0) is 4.79 Å². The maximum absolute atomic E-state index is 10.8. The van der Waals surface area contributed by atoms with E-state index in [2.05, 4.69) is 11.8 Å². The molecule has 0 aromatic heterocycles. The standard InChI is InChI=1S/C11H9NO3/c12-10-6-3-5-9(11(14)15)8(10)4-1-2-7-13/h3,5-7H,2,12H2,(H,14,15). The highest BCUT2D eigenvalue weighted by atomic mass is 16.4. The first-order valence-electron chi connectivity index (χ1n) is 4.21. The zero-order valence-electron chi connectivity index (χ0n) is 7.86. The van der Waals surface area contributed by atoms with Crippen LogP contribution in [0.3, 0.4) is 0 Å². The summed E-state index contributed by atoms with van der Waals surface area (Å²) in [4.78, 5) is 20.9. The van der Waals surface area contributed by atoms with Crippen LogP contribution in [-0.4, -0.2) is 17.4 Å². The van der Waals surface area contributed by atoms with Gasteiger partial charge >= 0.3 is 5.97 Å². The van der Waals surface area contributed by atoms with Crippen molar-refractivity contribution in [3.8, 4) is 11.8 Å². The first-order valence-corrected chi connectivity index (χ1v) is 4.21. The maximum atomic E-state index is 10.8. The molecule has 0 aliphatic rings. The summed E-state index contributed by atoms with van der Waals surface area (Å²) in [5.74, 6) is 4.02. The van der Waals surface area contributed by atoms with Crippen LogP contribution < -0.4 is 5.73 Å². The minimum absolute atomic E-state index is 0.0494. The van der Waals surface area contributed by atoms with E-state index >= 15 is 0 Å². The zero-order chi connectivity index (χ0) is 11.3. The van der Waals surface area contributed by atoms with Gasteiger partial charge in [-0.25, -0.2) is 4.79 Å². The summed E-state index contributed by atoms with van der Waals surface area (Å²) in [5.41, 5.74) is 6.19. The average Bonchev–Trinajstić information content (AvgIpc) is 2.20. The Hall–Kier alpha value is -2.28. The van der Waals surface area contributed by atoms with Crippen LogP contribution in [0.4, 0.5) is 5.69 Å². The van der Waals surface area contributed by atoms with Crippen LogP contribution in [0.25, 0.3) is 0 Å². The molecule has 0 saturated heterocycles. The van der Waals surface area contributed by atoms with Gasteiger partial charge in [0.25, 0.3) is 0 Å². The molecule has 0 atom stereocenters. The first kappa shape index (κ1) is 10.8. The molecule has 0 spiro atoms. The zero-order valence-corrected chi connectivity index (χ0v) is 7.86. The number of nitrogens with two attached hydrogens (primary N) is 1. The smallest absolute Gasteiger partial charge is 0.337 e. The van der Waals surface area contributed by atoms with Crippen molar-refractivity contribution >= 4 is 17.9 Å². The number of aldehydes is 1. The van der Waals surface area contributed by atoms with Gasteiger partial charge in [0.05, 0.1) is 17.5 Å². The number of hydrogen-bond acceptors (Lipinski definition) is 3. The minimum Gasteiger partial charge on any atom is -0.478 e. The Labute approximate surface area is 86.7 Å². The Morgan fingerprint density at radius 3 is 2.87 bits per heavy atom. The van der Waals surface area contributed by atoms with Crippen LogP contribution in [0.1, 0.15) is 22.3 Å². The summed E-state index contributed by atoms with van der Waals surface area (Å²) >= 11 is 0. The van der Waals surface area contributed by atoms with Gasteiger partial charge in [0.2, 0.25) is 0 Å². The predicted molar refractivity (Wildman–Crippen MR) is 55.4 cm³/mol. The molecule has 0 radical (unpaired) electrons. The fourth-order valence-corrected chi connectivity index (χ4v) is 1.07. The quantitative estimate of drug-likeness (QED) is 0.425. The number of rotatable bonds is 2. The molecule has 4 nitrogen and oxygen atoms in total. The molecule has 0 aliphatic carbocycles. The molecule has 0 heterocycles.